The van der Waals surface area contributed by atoms with Gasteiger partial charge >= 0.3 is 31.4 Å². The van der Waals surface area contributed by atoms with Crippen molar-refractivity contribution < 1.29 is 55.5 Å². The van der Waals surface area contributed by atoms with Crippen LogP contribution in [-0.2, 0) is 46.7 Å². The van der Waals surface area contributed by atoms with Crippen molar-refractivity contribution in [3.8, 4) is 0 Å². The van der Waals surface area contributed by atoms with Gasteiger partial charge in [0.1, 0.15) is 11.9 Å². The summed E-state index contributed by atoms with van der Waals surface area (Å²) < 4.78 is 78.7. The molecule has 0 radical (unpaired) electrons. The molecule has 1 aliphatic rings. The molecule has 56 heavy (non-hydrogen) atoms. The third-order valence-corrected chi connectivity index (χ3v) is 10.3. The van der Waals surface area contributed by atoms with Crippen LogP contribution >= 0.6 is 7.82 Å². The highest BCUT2D eigenvalue weighted by atomic mass is 31.2. The number of phosphoric acid groups is 1. The second-order valence-electron chi connectivity index (χ2n) is 17.1. The van der Waals surface area contributed by atoms with E-state index < -0.39 is 75.2 Å². The van der Waals surface area contributed by atoms with Gasteiger partial charge in [0.15, 0.2) is 6.10 Å². The van der Waals surface area contributed by atoms with E-state index in [-0.39, 0.29) is 42.6 Å². The maximum absolute atomic E-state index is 16.1. The fourth-order valence-corrected chi connectivity index (χ4v) is 7.15. The van der Waals surface area contributed by atoms with Gasteiger partial charge in [-0.1, -0.05) is 119 Å². The minimum absolute atomic E-state index is 0.00953. The van der Waals surface area contributed by atoms with E-state index in [0.717, 1.165) is 38.3 Å². The molecule has 0 spiro atoms. The highest BCUT2D eigenvalue weighted by molar-refractivity contribution is 7.48. The summed E-state index contributed by atoms with van der Waals surface area (Å²) >= 11 is 0. The van der Waals surface area contributed by atoms with Gasteiger partial charge in [-0.2, -0.15) is 13.8 Å². The Morgan fingerprint density at radius 1 is 0.839 bits per heavy atom. The van der Waals surface area contributed by atoms with E-state index >= 15 is 8.78 Å². The van der Waals surface area contributed by atoms with Crippen LogP contribution in [0.5, 0.6) is 0 Å². The molecular weight excluding hydrogens is 753 g/mol. The van der Waals surface area contributed by atoms with Crippen LogP contribution in [0.1, 0.15) is 163 Å². The van der Waals surface area contributed by atoms with Crippen LogP contribution in [-0.4, -0.2) is 65.4 Å². The van der Waals surface area contributed by atoms with E-state index in [0.29, 0.717) is 11.0 Å². The topological polar surface area (TPSA) is 159 Å². The van der Waals surface area contributed by atoms with Gasteiger partial charge in [0, 0.05) is 31.2 Å². The van der Waals surface area contributed by atoms with Gasteiger partial charge in [-0.25, -0.2) is 13.9 Å². The summed E-state index contributed by atoms with van der Waals surface area (Å²) in [6, 6.07) is 1.34. The number of alkyl halides is 2. The van der Waals surface area contributed by atoms with Crippen LogP contribution in [0.4, 0.5) is 8.78 Å². The standard InChI is InChI=1S/C40H67F2N2O11P/c1-9-10-11-12-13-14-15-16-17-18-19-20-21-33(46)55-35-32(54-36(40(35,41)42)44-24-22-30(2)43-37(44)48)28-52-56(49,51-25-23-31(45)26-38(3,4)5)53-29-50-34(47)27-39(6,7)8/h22,24,32,35-36H,9-21,23,25-29H2,1-8H3/t32-,35-,36-,56?/m1/s1. The number of hydrogen-bond donors (Lipinski definition) is 0. The van der Waals surface area contributed by atoms with E-state index in [2.05, 4.69) is 11.9 Å². The number of carbonyl (C=O) groups excluding carboxylic acids is 3. The van der Waals surface area contributed by atoms with Gasteiger partial charge in [0.2, 0.25) is 13.0 Å². The van der Waals surface area contributed by atoms with Crippen molar-refractivity contribution in [1.82, 2.24) is 9.55 Å². The van der Waals surface area contributed by atoms with Crippen LogP contribution in [0.3, 0.4) is 0 Å². The van der Waals surface area contributed by atoms with Crippen molar-refractivity contribution in [3.05, 3.63) is 28.4 Å². The number of hydrogen-bond acceptors (Lipinski definition) is 12. The predicted octanol–water partition coefficient (Wildman–Crippen LogP) is 9.58. The Hall–Kier alpha value is -2.58. The molecule has 1 aliphatic heterocycles. The largest absolute Gasteiger partial charge is 0.477 e. The van der Waals surface area contributed by atoms with Crippen LogP contribution in [0, 0.1) is 17.8 Å². The lowest BCUT2D eigenvalue weighted by Gasteiger charge is -2.25. The molecule has 0 aliphatic carbocycles. The number of halogens is 2. The monoisotopic (exact) mass is 820 g/mol. The van der Waals surface area contributed by atoms with E-state index in [4.69, 9.17) is 27.8 Å². The zero-order valence-electron chi connectivity index (χ0n) is 34.9. The predicted molar refractivity (Wildman–Crippen MR) is 207 cm³/mol. The minimum atomic E-state index is -4.72. The Labute approximate surface area is 331 Å². The van der Waals surface area contributed by atoms with E-state index in [1.54, 1.807) is 0 Å². The van der Waals surface area contributed by atoms with Gasteiger partial charge in [0.05, 0.1) is 19.6 Å². The van der Waals surface area contributed by atoms with Crippen LogP contribution in [0.2, 0.25) is 0 Å². The van der Waals surface area contributed by atoms with Crippen molar-refractivity contribution in [1.29, 1.82) is 0 Å². The second-order valence-corrected chi connectivity index (χ2v) is 18.8. The first-order chi connectivity index (χ1) is 26.2. The highest BCUT2D eigenvalue weighted by Crippen LogP contribution is 2.52. The molecule has 1 unspecified atom stereocenters. The molecule has 1 saturated heterocycles. The van der Waals surface area contributed by atoms with E-state index in [9.17, 15) is 23.7 Å². The number of ketones is 1. The highest BCUT2D eigenvalue weighted by Gasteiger charge is 2.63. The van der Waals surface area contributed by atoms with Gasteiger partial charge in [-0.05, 0) is 30.2 Å². The lowest BCUT2D eigenvalue weighted by molar-refractivity contribution is -0.176. The number of rotatable bonds is 27. The molecule has 0 aromatic carbocycles. The molecule has 4 atom stereocenters. The first kappa shape index (κ1) is 49.6. The molecule has 2 rings (SSSR count). The van der Waals surface area contributed by atoms with Gasteiger partial charge < -0.3 is 14.2 Å². The lowest BCUT2D eigenvalue weighted by Crippen LogP contribution is -2.44. The molecule has 0 amide bonds. The van der Waals surface area contributed by atoms with Crippen molar-refractivity contribution in [2.24, 2.45) is 10.8 Å². The number of esters is 2. The Balaban J connectivity index is 2.13. The summed E-state index contributed by atoms with van der Waals surface area (Å²) in [5.41, 5.74) is -1.47. The zero-order valence-corrected chi connectivity index (χ0v) is 35.8. The second kappa shape index (κ2) is 23.7. The molecule has 16 heteroatoms. The Kier molecular flexibility index (Phi) is 21.0. The molecule has 1 fully saturated rings. The van der Waals surface area contributed by atoms with Gasteiger partial charge in [-0.3, -0.25) is 28.0 Å². The summed E-state index contributed by atoms with van der Waals surface area (Å²) in [6.07, 6.45) is 7.57. The maximum Gasteiger partial charge on any atom is 0.477 e. The van der Waals surface area contributed by atoms with Gasteiger partial charge in [-0.15, -0.1) is 0 Å². The molecular formula is C40H67F2N2O11P. The van der Waals surface area contributed by atoms with Crippen LogP contribution in [0.25, 0.3) is 0 Å². The summed E-state index contributed by atoms with van der Waals surface area (Å²) in [5, 5.41) is 0. The molecule has 322 valence electrons. The SMILES string of the molecule is CCCCCCCCCCCCCCC(=O)O[C@@H]1[C@@H](COP(=O)(OCCC(=O)CC(C)(C)C)OCOC(=O)CC(C)(C)C)O[C@@H](n2ccc(C)nc2=O)C1(F)F. The summed E-state index contributed by atoms with van der Waals surface area (Å²) in [6.45, 7) is 12.6. The quantitative estimate of drug-likeness (QED) is 0.0359. The number of aromatic nitrogens is 2. The Bertz CT molecular complexity index is 1440. The molecule has 13 nitrogen and oxygen atoms in total. The number of aryl methyl sites for hydroxylation is 1. The molecule has 1 aromatic heterocycles. The zero-order chi connectivity index (χ0) is 42.0. The van der Waals surface area contributed by atoms with E-state index in [1.807, 2.05) is 41.5 Å². The van der Waals surface area contributed by atoms with Crippen molar-refractivity contribution in [2.75, 3.05) is 20.0 Å². The fourth-order valence-electron chi connectivity index (χ4n) is 6.10. The lowest BCUT2D eigenvalue weighted by atomic mass is 9.89. The molecule has 0 N–H and O–H groups in total. The van der Waals surface area contributed by atoms with Crippen molar-refractivity contribution in [3.63, 3.8) is 0 Å². The third kappa shape index (κ3) is 19.2. The molecule has 0 saturated carbocycles. The maximum atomic E-state index is 16.1. The van der Waals surface area contributed by atoms with E-state index in [1.165, 1.54) is 51.5 Å². The summed E-state index contributed by atoms with van der Waals surface area (Å²) in [4.78, 5) is 54.1. The van der Waals surface area contributed by atoms with Gasteiger partial charge in [0.25, 0.3) is 0 Å². The fraction of sp³-hybridized carbons (Fsp3) is 0.825. The number of Topliss-reactive ketones (excluding diaryl/α,β-unsaturated/α-hetero) is 1. The summed E-state index contributed by atoms with van der Waals surface area (Å²) in [7, 11) is -4.72. The third-order valence-electron chi connectivity index (χ3n) is 8.92. The molecule has 0 bridgehead atoms. The first-order valence-corrected chi connectivity index (χ1v) is 21.6. The van der Waals surface area contributed by atoms with Crippen molar-refractivity contribution in [2.45, 2.75) is 182 Å². The number of carbonyl (C=O) groups is 3. The minimum Gasteiger partial charge on any atom is -0.453 e. The Morgan fingerprint density at radius 3 is 1.96 bits per heavy atom. The normalized spacial score (nSPS) is 19.4. The average molecular weight is 821 g/mol. The average Bonchev–Trinajstić information content (AvgIpc) is 3.31. The smallest absolute Gasteiger partial charge is 0.453 e. The van der Waals surface area contributed by atoms with Crippen molar-refractivity contribution >= 4 is 25.5 Å². The number of nitrogens with zero attached hydrogens (tertiary/aromatic N) is 2. The Morgan fingerprint density at radius 2 is 1.41 bits per heavy atom. The first-order valence-electron chi connectivity index (χ1n) is 20.2. The number of ether oxygens (including phenoxy) is 3. The molecule has 1 aromatic rings. The number of phosphoric ester groups is 1. The van der Waals surface area contributed by atoms with Crippen LogP contribution < -0.4 is 5.69 Å². The summed E-state index contributed by atoms with van der Waals surface area (Å²) in [5.74, 6) is -5.72. The number of unbranched alkanes of at least 4 members (excludes halogenated alkanes) is 11. The molecule has 2 heterocycles. The van der Waals surface area contributed by atoms with Crippen LogP contribution in [0.15, 0.2) is 17.1 Å².